The van der Waals surface area contributed by atoms with Gasteiger partial charge in [-0.15, -0.1) is 0 Å². The summed E-state index contributed by atoms with van der Waals surface area (Å²) in [5.74, 6) is 1.51. The monoisotopic (exact) mass is 401 g/mol. The smallest absolute Gasteiger partial charge is 0.284 e. The maximum absolute atomic E-state index is 12.9. The molecule has 0 unspecified atom stereocenters. The van der Waals surface area contributed by atoms with Gasteiger partial charge in [0.2, 0.25) is 5.88 Å². The van der Waals surface area contributed by atoms with Crippen molar-refractivity contribution in [3.05, 3.63) is 63.4 Å². The molecule has 3 rings (SSSR count). The summed E-state index contributed by atoms with van der Waals surface area (Å²) in [5, 5.41) is 3.55. The lowest BCUT2D eigenvalue weighted by Gasteiger charge is -2.06. The molecule has 8 heteroatoms. The zero-order chi connectivity index (χ0) is 20.1. The average molecular weight is 402 g/mol. The molecule has 28 heavy (non-hydrogen) atoms. The quantitative estimate of drug-likeness (QED) is 0.607. The van der Waals surface area contributed by atoms with Crippen LogP contribution >= 0.6 is 11.6 Å². The first kappa shape index (κ1) is 19.6. The van der Waals surface area contributed by atoms with Gasteiger partial charge in [0.05, 0.1) is 26.5 Å². The summed E-state index contributed by atoms with van der Waals surface area (Å²) in [6, 6.07) is 12.1. The molecule has 0 saturated carbocycles. The van der Waals surface area contributed by atoms with E-state index < -0.39 is 0 Å². The first-order valence-corrected chi connectivity index (χ1v) is 8.95. The summed E-state index contributed by atoms with van der Waals surface area (Å²) in [7, 11) is 3.12. The number of aromatic nitrogens is 2. The number of methoxy groups -OCH3 is 2. The van der Waals surface area contributed by atoms with Gasteiger partial charge in [-0.2, -0.15) is 0 Å². The van der Waals surface area contributed by atoms with Crippen LogP contribution < -0.4 is 19.8 Å². The van der Waals surface area contributed by atoms with Crippen LogP contribution in [0, 0.1) is 0 Å². The maximum atomic E-state index is 12.9. The number of ether oxygens (including phenoxy) is 3. The number of nitrogens with zero attached hydrogens (tertiary/aromatic N) is 2. The molecule has 2 aromatic carbocycles. The van der Waals surface area contributed by atoms with Crippen LogP contribution in [-0.2, 0) is 0 Å². The first-order valence-electron chi connectivity index (χ1n) is 8.57. The van der Waals surface area contributed by atoms with Gasteiger partial charge in [-0.25, -0.2) is 4.68 Å². The van der Waals surface area contributed by atoms with Gasteiger partial charge in [0.15, 0.2) is 0 Å². The molecule has 0 spiro atoms. The van der Waals surface area contributed by atoms with Crippen LogP contribution in [0.4, 0.5) is 5.69 Å². The van der Waals surface area contributed by atoms with E-state index in [1.165, 1.54) is 10.9 Å². The van der Waals surface area contributed by atoms with E-state index in [4.69, 9.17) is 25.8 Å². The summed E-state index contributed by atoms with van der Waals surface area (Å²) in [6.45, 7) is 2.23. The van der Waals surface area contributed by atoms with E-state index in [2.05, 4.69) is 10.1 Å². The molecule has 0 bridgehead atoms. The Morgan fingerprint density at radius 2 is 1.89 bits per heavy atom. The summed E-state index contributed by atoms with van der Waals surface area (Å²) in [5.41, 5.74) is 1.21. The minimum absolute atomic E-state index is 0.290. The second-order valence-corrected chi connectivity index (χ2v) is 6.14. The number of nitrogens with one attached hydrogen (secondary N) is 1. The molecule has 0 atom stereocenters. The van der Waals surface area contributed by atoms with E-state index in [-0.39, 0.29) is 5.56 Å². The number of halogens is 1. The van der Waals surface area contributed by atoms with Crippen LogP contribution in [0.5, 0.6) is 17.4 Å². The Hall–Kier alpha value is -3.19. The second kappa shape index (κ2) is 8.67. The highest BCUT2D eigenvalue weighted by molar-refractivity contribution is 6.30. The van der Waals surface area contributed by atoms with Crippen molar-refractivity contribution < 1.29 is 14.2 Å². The minimum Gasteiger partial charge on any atom is -0.497 e. The van der Waals surface area contributed by atoms with Crippen molar-refractivity contribution in [1.82, 2.24) is 9.78 Å². The van der Waals surface area contributed by atoms with E-state index in [9.17, 15) is 4.79 Å². The molecule has 7 nitrogen and oxygen atoms in total. The van der Waals surface area contributed by atoms with E-state index >= 15 is 0 Å². The third-order valence-electron chi connectivity index (χ3n) is 3.98. The number of aliphatic imine (C=N–C) groups is 1. The predicted molar refractivity (Wildman–Crippen MR) is 109 cm³/mol. The third-order valence-corrected chi connectivity index (χ3v) is 4.24. The van der Waals surface area contributed by atoms with Crippen LogP contribution in [0.25, 0.3) is 5.69 Å². The van der Waals surface area contributed by atoms with Gasteiger partial charge < -0.3 is 14.2 Å². The van der Waals surface area contributed by atoms with E-state index in [0.717, 1.165) is 0 Å². The van der Waals surface area contributed by atoms with Crippen molar-refractivity contribution in [3.8, 4) is 23.1 Å². The number of benzene rings is 2. The highest BCUT2D eigenvalue weighted by Gasteiger charge is 2.15. The molecule has 1 aromatic heterocycles. The van der Waals surface area contributed by atoms with Crippen molar-refractivity contribution in [2.45, 2.75) is 6.92 Å². The maximum Gasteiger partial charge on any atom is 0.284 e. The van der Waals surface area contributed by atoms with Crippen molar-refractivity contribution in [3.63, 3.8) is 0 Å². The number of H-pyrrole nitrogens is 1. The Labute approximate surface area is 167 Å². The van der Waals surface area contributed by atoms with Crippen LogP contribution in [0.2, 0.25) is 5.02 Å². The van der Waals surface area contributed by atoms with E-state index in [1.54, 1.807) is 56.7 Å². The summed E-state index contributed by atoms with van der Waals surface area (Å²) >= 11 is 5.93. The molecule has 0 aliphatic carbocycles. The van der Waals surface area contributed by atoms with Gasteiger partial charge >= 0.3 is 0 Å². The Morgan fingerprint density at radius 1 is 1.14 bits per heavy atom. The van der Waals surface area contributed by atoms with Crippen molar-refractivity contribution in [1.29, 1.82) is 0 Å². The van der Waals surface area contributed by atoms with Gasteiger partial charge in [-0.1, -0.05) is 11.6 Å². The molecule has 0 saturated heterocycles. The highest BCUT2D eigenvalue weighted by atomic mass is 35.5. The van der Waals surface area contributed by atoms with Gasteiger partial charge in [0.1, 0.15) is 22.7 Å². The second-order valence-electron chi connectivity index (χ2n) is 5.70. The summed E-state index contributed by atoms with van der Waals surface area (Å²) < 4.78 is 17.5. The molecule has 0 fully saturated rings. The highest BCUT2D eigenvalue weighted by Crippen LogP contribution is 2.31. The van der Waals surface area contributed by atoms with Gasteiger partial charge in [-0.3, -0.25) is 14.9 Å². The summed E-state index contributed by atoms with van der Waals surface area (Å²) in [6.07, 6.45) is 1.46. The minimum atomic E-state index is -0.290. The predicted octanol–water partition coefficient (Wildman–Crippen LogP) is 3.99. The zero-order valence-corrected chi connectivity index (χ0v) is 16.5. The Morgan fingerprint density at radius 3 is 2.54 bits per heavy atom. The van der Waals surface area contributed by atoms with Gasteiger partial charge in [0, 0.05) is 17.3 Å². The Kier molecular flexibility index (Phi) is 6.06. The van der Waals surface area contributed by atoms with Crippen molar-refractivity contribution in [2.24, 2.45) is 4.99 Å². The molecule has 0 radical (unpaired) electrons. The van der Waals surface area contributed by atoms with Crippen LogP contribution in [0.15, 0.2) is 52.3 Å². The molecule has 1 N–H and O–H groups in total. The van der Waals surface area contributed by atoms with E-state index in [1.807, 2.05) is 6.92 Å². The molecule has 0 aliphatic heterocycles. The lowest BCUT2D eigenvalue weighted by Crippen LogP contribution is -2.17. The molecule has 146 valence electrons. The van der Waals surface area contributed by atoms with Crippen molar-refractivity contribution in [2.75, 3.05) is 20.8 Å². The van der Waals surface area contributed by atoms with Gasteiger partial charge in [0.25, 0.3) is 5.56 Å². The molecule has 3 aromatic rings. The van der Waals surface area contributed by atoms with Crippen LogP contribution in [0.3, 0.4) is 0 Å². The fourth-order valence-electron chi connectivity index (χ4n) is 2.60. The van der Waals surface area contributed by atoms with Gasteiger partial charge in [-0.05, 0) is 43.3 Å². The number of rotatable bonds is 7. The topological polar surface area (TPSA) is 77.8 Å². The first-order chi connectivity index (χ1) is 13.6. The lowest BCUT2D eigenvalue weighted by molar-refractivity contribution is 0.324. The largest absolute Gasteiger partial charge is 0.497 e. The number of hydrogen-bond donors (Lipinski definition) is 1. The summed E-state index contributed by atoms with van der Waals surface area (Å²) in [4.78, 5) is 17.3. The Bertz CT molecular complexity index is 1040. The lowest BCUT2D eigenvalue weighted by atomic mass is 10.2. The molecule has 0 aliphatic rings. The standard InChI is InChI=1S/C20H20ClN3O4/c1-4-28-19-16(12-22-17-10-9-15(26-2)11-18(17)27-3)20(25)24(23-19)14-7-5-13(21)6-8-14/h5-12,23H,4H2,1-3H3. The number of hydrogen-bond acceptors (Lipinski definition) is 5. The fourth-order valence-corrected chi connectivity index (χ4v) is 2.72. The Balaban J connectivity index is 2.03. The third kappa shape index (κ3) is 4.04. The SMILES string of the molecule is CCOc1[nH]n(-c2ccc(Cl)cc2)c(=O)c1C=Nc1ccc(OC)cc1OC. The fraction of sp³-hybridized carbons (Fsp3) is 0.200. The molecular weight excluding hydrogens is 382 g/mol. The molecule has 0 amide bonds. The average Bonchev–Trinajstić information content (AvgIpc) is 3.02. The normalized spacial score (nSPS) is 11.0. The molecule has 1 heterocycles. The van der Waals surface area contributed by atoms with Crippen LogP contribution in [0.1, 0.15) is 12.5 Å². The number of aromatic amines is 1. The van der Waals surface area contributed by atoms with E-state index in [0.29, 0.717) is 45.9 Å². The zero-order valence-electron chi connectivity index (χ0n) is 15.7. The van der Waals surface area contributed by atoms with Crippen LogP contribution in [-0.4, -0.2) is 36.8 Å². The van der Waals surface area contributed by atoms with Crippen molar-refractivity contribution >= 4 is 23.5 Å². The molecular formula is C20H20ClN3O4.